The van der Waals surface area contributed by atoms with Crippen molar-refractivity contribution < 1.29 is 19.4 Å². The van der Waals surface area contributed by atoms with Crippen LogP contribution in [0.4, 0.5) is 4.79 Å². The number of ether oxygens (including phenoxy) is 2. The number of hydrogen-bond acceptors (Lipinski definition) is 7. The molecule has 9 nitrogen and oxygen atoms in total. The van der Waals surface area contributed by atoms with Gasteiger partial charge in [-0.3, -0.25) is 15.0 Å². The number of rotatable bonds is 4. The summed E-state index contributed by atoms with van der Waals surface area (Å²) in [5, 5.41) is 20.2. The number of aliphatic hydroxyl groups is 1. The number of carbonyl (C=O) groups excluding carboxylic acids is 1. The summed E-state index contributed by atoms with van der Waals surface area (Å²) in [7, 11) is 1.91. The maximum atomic E-state index is 12.6. The van der Waals surface area contributed by atoms with Crippen molar-refractivity contribution in [2.24, 2.45) is 7.05 Å². The highest BCUT2D eigenvalue weighted by atomic mass is 16.6. The Labute approximate surface area is 199 Å². The average molecular weight is 468 g/mol. The standard InChI is InChI=1S/C25H33N5O4/c1-24(2,3)34-23(32)30-11-12-33-20-16(15-30)13-26-14-18(20)22(31)27-25(4,5)21-17-9-7-8-10-19(17)29(6)28-21/h7-10,13-14,22,27,31H,11-12,15H2,1-6H3. The predicted octanol–water partition coefficient (Wildman–Crippen LogP) is 3.61. The van der Waals surface area contributed by atoms with E-state index in [1.807, 2.05) is 70.6 Å². The molecule has 0 aliphatic carbocycles. The number of amides is 1. The molecule has 0 saturated carbocycles. The maximum absolute atomic E-state index is 12.6. The number of benzene rings is 1. The van der Waals surface area contributed by atoms with E-state index in [4.69, 9.17) is 14.6 Å². The van der Waals surface area contributed by atoms with Crippen LogP contribution >= 0.6 is 0 Å². The summed E-state index contributed by atoms with van der Waals surface area (Å²) in [5.74, 6) is 0.530. The van der Waals surface area contributed by atoms with Gasteiger partial charge in [-0.2, -0.15) is 5.10 Å². The van der Waals surface area contributed by atoms with Crippen molar-refractivity contribution in [3.63, 3.8) is 0 Å². The van der Waals surface area contributed by atoms with Gasteiger partial charge in [0.15, 0.2) is 0 Å². The smallest absolute Gasteiger partial charge is 0.410 e. The summed E-state index contributed by atoms with van der Waals surface area (Å²) in [6, 6.07) is 8.00. The lowest BCUT2D eigenvalue weighted by molar-refractivity contribution is 0.0225. The SMILES string of the molecule is Cn1nc(C(C)(C)NC(O)c2cncc3c2OCCN(C(=O)OC(C)(C)C)C3)c2ccccc21. The first kappa shape index (κ1) is 24.0. The molecule has 0 spiro atoms. The number of pyridine rings is 1. The van der Waals surface area contributed by atoms with Crippen LogP contribution in [0.15, 0.2) is 36.7 Å². The normalized spacial score (nSPS) is 15.4. The van der Waals surface area contributed by atoms with E-state index in [0.717, 1.165) is 16.6 Å². The van der Waals surface area contributed by atoms with Gasteiger partial charge in [0.05, 0.1) is 35.4 Å². The van der Waals surface area contributed by atoms with E-state index in [0.29, 0.717) is 23.4 Å². The molecule has 1 atom stereocenters. The lowest BCUT2D eigenvalue weighted by Crippen LogP contribution is -2.40. The quantitative estimate of drug-likeness (QED) is 0.565. The Kier molecular flexibility index (Phi) is 6.26. The fourth-order valence-electron chi connectivity index (χ4n) is 4.18. The lowest BCUT2D eigenvalue weighted by Gasteiger charge is -2.29. The Morgan fingerprint density at radius 2 is 1.94 bits per heavy atom. The van der Waals surface area contributed by atoms with Gasteiger partial charge in [-0.05, 0) is 40.7 Å². The third kappa shape index (κ3) is 4.85. The van der Waals surface area contributed by atoms with Crippen LogP contribution in [-0.2, 0) is 23.9 Å². The van der Waals surface area contributed by atoms with E-state index in [2.05, 4.69) is 10.3 Å². The van der Waals surface area contributed by atoms with Crippen molar-refractivity contribution in [3.05, 3.63) is 53.5 Å². The molecule has 0 bridgehead atoms. The van der Waals surface area contributed by atoms with E-state index in [-0.39, 0.29) is 13.2 Å². The fourth-order valence-corrected chi connectivity index (χ4v) is 4.18. The van der Waals surface area contributed by atoms with Crippen LogP contribution in [0.5, 0.6) is 5.75 Å². The van der Waals surface area contributed by atoms with Crippen molar-refractivity contribution in [2.75, 3.05) is 13.2 Å². The predicted molar refractivity (Wildman–Crippen MR) is 128 cm³/mol. The van der Waals surface area contributed by atoms with E-state index >= 15 is 0 Å². The molecule has 1 aliphatic rings. The zero-order valence-electron chi connectivity index (χ0n) is 20.6. The molecule has 3 heterocycles. The maximum Gasteiger partial charge on any atom is 0.410 e. The Bertz CT molecular complexity index is 1200. The molecule has 1 aliphatic heterocycles. The zero-order valence-corrected chi connectivity index (χ0v) is 20.6. The highest BCUT2D eigenvalue weighted by molar-refractivity contribution is 5.82. The molecule has 182 valence electrons. The monoisotopic (exact) mass is 467 g/mol. The summed E-state index contributed by atoms with van der Waals surface area (Å²) in [5.41, 5.74) is 1.82. The number of nitrogens with zero attached hydrogens (tertiary/aromatic N) is 4. The van der Waals surface area contributed by atoms with E-state index in [1.165, 1.54) is 0 Å². The number of hydrogen-bond donors (Lipinski definition) is 2. The highest BCUT2D eigenvalue weighted by Crippen LogP contribution is 2.34. The Hall–Kier alpha value is -3.17. The third-order valence-electron chi connectivity index (χ3n) is 5.76. The van der Waals surface area contributed by atoms with Gasteiger partial charge in [-0.1, -0.05) is 18.2 Å². The number of aliphatic hydroxyl groups excluding tert-OH is 1. The molecular weight excluding hydrogens is 434 g/mol. The van der Waals surface area contributed by atoms with Crippen LogP contribution in [0.25, 0.3) is 10.9 Å². The summed E-state index contributed by atoms with van der Waals surface area (Å²) in [4.78, 5) is 18.5. The minimum absolute atomic E-state index is 0.282. The summed E-state index contributed by atoms with van der Waals surface area (Å²) in [6.07, 6.45) is 1.78. The molecule has 2 N–H and O–H groups in total. The molecule has 2 aromatic heterocycles. The number of para-hydroxylation sites is 1. The van der Waals surface area contributed by atoms with Crippen LogP contribution < -0.4 is 10.1 Å². The Morgan fingerprint density at radius 1 is 1.21 bits per heavy atom. The topological polar surface area (TPSA) is 102 Å². The largest absolute Gasteiger partial charge is 0.491 e. The van der Waals surface area contributed by atoms with Crippen LogP contribution in [-0.4, -0.2) is 49.6 Å². The minimum atomic E-state index is -1.06. The first-order valence-corrected chi connectivity index (χ1v) is 11.4. The van der Waals surface area contributed by atoms with Gasteiger partial charge in [0.25, 0.3) is 0 Å². The van der Waals surface area contributed by atoms with Crippen LogP contribution in [0, 0.1) is 0 Å². The van der Waals surface area contributed by atoms with Crippen LogP contribution in [0.1, 0.15) is 57.7 Å². The molecule has 1 unspecified atom stereocenters. The Morgan fingerprint density at radius 3 is 2.68 bits per heavy atom. The summed E-state index contributed by atoms with van der Waals surface area (Å²) in [6.45, 7) is 10.4. The summed E-state index contributed by atoms with van der Waals surface area (Å²) >= 11 is 0. The van der Waals surface area contributed by atoms with Crippen molar-refractivity contribution >= 4 is 17.0 Å². The second-order valence-electron chi connectivity index (χ2n) is 10.1. The number of aryl methyl sites for hydroxylation is 1. The molecule has 1 amide bonds. The molecular formula is C25H33N5O4. The van der Waals surface area contributed by atoms with Crippen molar-refractivity contribution in [1.29, 1.82) is 0 Å². The van der Waals surface area contributed by atoms with Gasteiger partial charge in [-0.25, -0.2) is 4.79 Å². The first-order chi connectivity index (χ1) is 16.0. The van der Waals surface area contributed by atoms with Gasteiger partial charge in [-0.15, -0.1) is 0 Å². The molecule has 0 saturated heterocycles. The van der Waals surface area contributed by atoms with Gasteiger partial charge < -0.3 is 19.5 Å². The van der Waals surface area contributed by atoms with Gasteiger partial charge in [0, 0.05) is 30.4 Å². The van der Waals surface area contributed by atoms with Gasteiger partial charge in [0.2, 0.25) is 0 Å². The molecule has 0 radical (unpaired) electrons. The highest BCUT2D eigenvalue weighted by Gasteiger charge is 2.32. The van der Waals surface area contributed by atoms with Gasteiger partial charge in [0.1, 0.15) is 24.2 Å². The van der Waals surface area contributed by atoms with Crippen molar-refractivity contribution in [2.45, 2.75) is 58.5 Å². The van der Waals surface area contributed by atoms with Crippen molar-refractivity contribution in [1.82, 2.24) is 25.0 Å². The number of nitrogens with one attached hydrogen (secondary N) is 1. The average Bonchev–Trinajstić information content (AvgIpc) is 2.95. The van der Waals surface area contributed by atoms with Gasteiger partial charge >= 0.3 is 6.09 Å². The van der Waals surface area contributed by atoms with Crippen LogP contribution in [0.2, 0.25) is 0 Å². The first-order valence-electron chi connectivity index (χ1n) is 11.4. The second kappa shape index (κ2) is 8.88. The zero-order chi connectivity index (χ0) is 24.7. The third-order valence-corrected chi connectivity index (χ3v) is 5.76. The van der Waals surface area contributed by atoms with E-state index < -0.39 is 23.5 Å². The molecule has 34 heavy (non-hydrogen) atoms. The number of aromatic nitrogens is 3. The van der Waals surface area contributed by atoms with E-state index in [9.17, 15) is 9.90 Å². The number of fused-ring (bicyclic) bond motifs is 2. The lowest BCUT2D eigenvalue weighted by atomic mass is 9.96. The molecule has 1 aromatic carbocycles. The Balaban J connectivity index is 1.58. The van der Waals surface area contributed by atoms with E-state index in [1.54, 1.807) is 17.3 Å². The molecule has 0 fully saturated rings. The second-order valence-corrected chi connectivity index (χ2v) is 10.1. The van der Waals surface area contributed by atoms with Crippen molar-refractivity contribution in [3.8, 4) is 5.75 Å². The molecule has 9 heteroatoms. The number of carbonyl (C=O) groups is 1. The fraction of sp³-hybridized carbons (Fsp3) is 0.480. The summed E-state index contributed by atoms with van der Waals surface area (Å²) < 4.78 is 13.4. The van der Waals surface area contributed by atoms with Crippen LogP contribution in [0.3, 0.4) is 0 Å². The molecule has 4 rings (SSSR count). The molecule has 3 aromatic rings. The minimum Gasteiger partial charge on any atom is -0.491 e.